The van der Waals surface area contributed by atoms with Crippen molar-refractivity contribution in [3.63, 3.8) is 0 Å². The molecule has 0 atom stereocenters. The van der Waals surface area contributed by atoms with Gasteiger partial charge in [0.05, 0.1) is 16.6 Å². The Bertz CT molecular complexity index is 533. The standard InChI is InChI=1S/C12H16N2O3S/c1-2-18(16,17)11-5-3-10(4-6-11)14-12(15)9-7-13-8-9/h3-6,9,13H,2,7-8H2,1H3,(H,14,15). The second-order valence-electron chi connectivity index (χ2n) is 4.27. The molecule has 0 bridgehead atoms. The maximum Gasteiger partial charge on any atom is 0.230 e. The maximum absolute atomic E-state index is 11.7. The molecule has 2 N–H and O–H groups in total. The third-order valence-corrected chi connectivity index (χ3v) is 4.76. The first kappa shape index (κ1) is 13.0. The number of amides is 1. The van der Waals surface area contributed by atoms with E-state index in [2.05, 4.69) is 10.6 Å². The summed E-state index contributed by atoms with van der Waals surface area (Å²) >= 11 is 0. The number of rotatable bonds is 4. The predicted molar refractivity (Wildman–Crippen MR) is 69.2 cm³/mol. The van der Waals surface area contributed by atoms with Gasteiger partial charge in [0.25, 0.3) is 0 Å². The molecule has 1 aliphatic heterocycles. The Hall–Kier alpha value is -1.40. The lowest BCUT2D eigenvalue weighted by Crippen LogP contribution is -2.48. The third-order valence-electron chi connectivity index (χ3n) is 3.01. The average molecular weight is 268 g/mol. The monoisotopic (exact) mass is 268 g/mol. The van der Waals surface area contributed by atoms with E-state index >= 15 is 0 Å². The molecular formula is C12H16N2O3S. The van der Waals surface area contributed by atoms with Crippen LogP contribution in [0.25, 0.3) is 0 Å². The summed E-state index contributed by atoms with van der Waals surface area (Å²) in [6.45, 7) is 3.01. The van der Waals surface area contributed by atoms with Crippen LogP contribution in [0.5, 0.6) is 0 Å². The summed E-state index contributed by atoms with van der Waals surface area (Å²) < 4.78 is 23.2. The Kier molecular flexibility index (Phi) is 3.68. The fourth-order valence-electron chi connectivity index (χ4n) is 1.63. The van der Waals surface area contributed by atoms with Crippen LogP contribution in [0.15, 0.2) is 29.2 Å². The quantitative estimate of drug-likeness (QED) is 0.840. The van der Waals surface area contributed by atoms with Gasteiger partial charge in [0.15, 0.2) is 9.84 Å². The summed E-state index contributed by atoms with van der Waals surface area (Å²) in [5.41, 5.74) is 0.627. The van der Waals surface area contributed by atoms with Gasteiger partial charge in [-0.05, 0) is 24.3 Å². The summed E-state index contributed by atoms with van der Waals surface area (Å²) in [5, 5.41) is 5.79. The minimum Gasteiger partial charge on any atom is -0.326 e. The minimum atomic E-state index is -3.18. The summed E-state index contributed by atoms with van der Waals surface area (Å²) in [6.07, 6.45) is 0. The van der Waals surface area contributed by atoms with E-state index in [1.807, 2.05) is 0 Å². The topological polar surface area (TPSA) is 75.3 Å². The van der Waals surface area contributed by atoms with Crippen LogP contribution in [-0.2, 0) is 14.6 Å². The van der Waals surface area contributed by atoms with Crippen LogP contribution in [0.3, 0.4) is 0 Å². The van der Waals surface area contributed by atoms with Crippen LogP contribution < -0.4 is 10.6 Å². The lowest BCUT2D eigenvalue weighted by Gasteiger charge is -2.25. The molecule has 0 radical (unpaired) electrons. The van der Waals surface area contributed by atoms with Crippen molar-refractivity contribution in [2.24, 2.45) is 5.92 Å². The Labute approximate surface area is 107 Å². The van der Waals surface area contributed by atoms with Crippen LogP contribution in [0.4, 0.5) is 5.69 Å². The molecule has 1 fully saturated rings. The van der Waals surface area contributed by atoms with Gasteiger partial charge in [-0.15, -0.1) is 0 Å². The van der Waals surface area contributed by atoms with Gasteiger partial charge in [-0.25, -0.2) is 8.42 Å². The van der Waals surface area contributed by atoms with Crippen molar-refractivity contribution >= 4 is 21.4 Å². The second kappa shape index (κ2) is 5.07. The number of hydrogen-bond acceptors (Lipinski definition) is 4. The van der Waals surface area contributed by atoms with Gasteiger partial charge in [-0.2, -0.15) is 0 Å². The van der Waals surface area contributed by atoms with Crippen molar-refractivity contribution in [3.05, 3.63) is 24.3 Å². The molecule has 0 aliphatic carbocycles. The maximum atomic E-state index is 11.7. The molecule has 0 spiro atoms. The van der Waals surface area contributed by atoms with Crippen molar-refractivity contribution in [1.29, 1.82) is 0 Å². The Morgan fingerprint density at radius 2 is 1.94 bits per heavy atom. The molecular weight excluding hydrogens is 252 g/mol. The van der Waals surface area contributed by atoms with Crippen molar-refractivity contribution < 1.29 is 13.2 Å². The molecule has 1 amide bonds. The number of hydrogen-bond donors (Lipinski definition) is 2. The van der Waals surface area contributed by atoms with E-state index in [4.69, 9.17) is 0 Å². The molecule has 1 saturated heterocycles. The van der Waals surface area contributed by atoms with E-state index in [1.165, 1.54) is 12.1 Å². The van der Waals surface area contributed by atoms with Crippen molar-refractivity contribution in [2.45, 2.75) is 11.8 Å². The summed E-state index contributed by atoms with van der Waals surface area (Å²) in [4.78, 5) is 11.9. The smallest absolute Gasteiger partial charge is 0.230 e. The number of sulfone groups is 1. The van der Waals surface area contributed by atoms with E-state index in [9.17, 15) is 13.2 Å². The second-order valence-corrected chi connectivity index (χ2v) is 6.55. The first-order valence-electron chi connectivity index (χ1n) is 5.87. The van der Waals surface area contributed by atoms with Crippen LogP contribution in [0.2, 0.25) is 0 Å². The highest BCUT2D eigenvalue weighted by atomic mass is 32.2. The Balaban J connectivity index is 2.06. The Morgan fingerprint density at radius 1 is 1.33 bits per heavy atom. The van der Waals surface area contributed by atoms with Gasteiger partial charge < -0.3 is 10.6 Å². The van der Waals surface area contributed by atoms with Crippen molar-refractivity contribution in [3.8, 4) is 0 Å². The van der Waals surface area contributed by atoms with Crippen LogP contribution in [0, 0.1) is 5.92 Å². The number of carbonyl (C=O) groups is 1. The number of nitrogens with one attached hydrogen (secondary N) is 2. The normalized spacial score (nSPS) is 16.1. The number of benzene rings is 1. The largest absolute Gasteiger partial charge is 0.326 e. The van der Waals surface area contributed by atoms with E-state index < -0.39 is 9.84 Å². The number of carbonyl (C=O) groups excluding carboxylic acids is 1. The zero-order chi connectivity index (χ0) is 13.2. The van der Waals surface area contributed by atoms with E-state index in [-0.39, 0.29) is 22.5 Å². The molecule has 1 heterocycles. The van der Waals surface area contributed by atoms with E-state index in [0.717, 1.165) is 0 Å². The molecule has 0 saturated carbocycles. The van der Waals surface area contributed by atoms with E-state index in [0.29, 0.717) is 18.8 Å². The number of anilines is 1. The highest BCUT2D eigenvalue weighted by Crippen LogP contribution is 2.16. The van der Waals surface area contributed by atoms with Gasteiger partial charge >= 0.3 is 0 Å². The van der Waals surface area contributed by atoms with Gasteiger partial charge in [-0.1, -0.05) is 6.92 Å². The summed E-state index contributed by atoms with van der Waals surface area (Å²) in [7, 11) is -3.18. The van der Waals surface area contributed by atoms with Crippen LogP contribution in [-0.4, -0.2) is 33.2 Å². The molecule has 1 aromatic carbocycles. The summed E-state index contributed by atoms with van der Waals surface area (Å²) in [5.74, 6) is 0.0656. The van der Waals surface area contributed by atoms with E-state index in [1.54, 1.807) is 19.1 Å². The van der Waals surface area contributed by atoms with Crippen molar-refractivity contribution in [2.75, 3.05) is 24.2 Å². The predicted octanol–water partition coefficient (Wildman–Crippen LogP) is 0.638. The lowest BCUT2D eigenvalue weighted by molar-refractivity contribution is -0.121. The highest BCUT2D eigenvalue weighted by molar-refractivity contribution is 7.91. The van der Waals surface area contributed by atoms with Gasteiger partial charge in [0.1, 0.15) is 0 Å². The molecule has 98 valence electrons. The fourth-order valence-corrected chi connectivity index (χ4v) is 2.51. The average Bonchev–Trinajstić information content (AvgIpc) is 2.27. The molecule has 2 rings (SSSR count). The summed E-state index contributed by atoms with van der Waals surface area (Å²) in [6, 6.07) is 6.28. The SMILES string of the molecule is CCS(=O)(=O)c1ccc(NC(=O)C2CNC2)cc1. The molecule has 18 heavy (non-hydrogen) atoms. The Morgan fingerprint density at radius 3 is 2.39 bits per heavy atom. The zero-order valence-electron chi connectivity index (χ0n) is 10.1. The molecule has 6 heteroatoms. The van der Waals surface area contributed by atoms with Crippen LogP contribution in [0.1, 0.15) is 6.92 Å². The molecule has 5 nitrogen and oxygen atoms in total. The molecule has 0 aromatic heterocycles. The minimum absolute atomic E-state index is 0.0176. The molecule has 0 unspecified atom stereocenters. The molecule has 1 aliphatic rings. The highest BCUT2D eigenvalue weighted by Gasteiger charge is 2.24. The van der Waals surface area contributed by atoms with Crippen LogP contribution >= 0.6 is 0 Å². The third kappa shape index (κ3) is 2.70. The van der Waals surface area contributed by atoms with Crippen molar-refractivity contribution in [1.82, 2.24) is 5.32 Å². The first-order valence-corrected chi connectivity index (χ1v) is 7.52. The lowest BCUT2D eigenvalue weighted by atomic mass is 10.0. The molecule has 1 aromatic rings. The zero-order valence-corrected chi connectivity index (χ0v) is 11.0. The van der Waals surface area contributed by atoms with Gasteiger partial charge in [0, 0.05) is 18.8 Å². The fraction of sp³-hybridized carbons (Fsp3) is 0.417. The first-order chi connectivity index (χ1) is 8.53. The van der Waals surface area contributed by atoms with Gasteiger partial charge in [-0.3, -0.25) is 4.79 Å². The van der Waals surface area contributed by atoms with Gasteiger partial charge in [0.2, 0.25) is 5.91 Å².